The maximum atomic E-state index is 12.3. The summed E-state index contributed by atoms with van der Waals surface area (Å²) < 4.78 is 28.8. The van der Waals surface area contributed by atoms with Crippen molar-refractivity contribution in [1.29, 1.82) is 0 Å². The Labute approximate surface area is 123 Å². The molecule has 8 heteroatoms. The van der Waals surface area contributed by atoms with E-state index in [0.717, 1.165) is 0 Å². The monoisotopic (exact) mass is 308 g/mol. The molecule has 1 aromatic carbocycles. The van der Waals surface area contributed by atoms with Crippen LogP contribution in [0.1, 0.15) is 18.3 Å². The second-order valence-electron chi connectivity index (χ2n) is 4.57. The van der Waals surface area contributed by atoms with Crippen LogP contribution in [0.4, 0.5) is 5.69 Å². The third-order valence-corrected chi connectivity index (χ3v) is 4.31. The zero-order valence-corrected chi connectivity index (χ0v) is 12.7. The van der Waals surface area contributed by atoms with Crippen molar-refractivity contribution >= 4 is 21.4 Å². The summed E-state index contributed by atoms with van der Waals surface area (Å²) in [6, 6.07) is 6.68. The van der Waals surface area contributed by atoms with Gasteiger partial charge in [0.25, 0.3) is 10.0 Å². The Hall–Kier alpha value is -2.35. The molecule has 0 aliphatic heterocycles. The van der Waals surface area contributed by atoms with Gasteiger partial charge in [0.2, 0.25) is 0 Å². The fraction of sp³-hybridized carbons (Fsp3) is 0.231. The van der Waals surface area contributed by atoms with Crippen LogP contribution in [0.3, 0.4) is 0 Å². The molecular weight excluding hydrogens is 292 g/mol. The Kier molecular flexibility index (Phi) is 3.99. The van der Waals surface area contributed by atoms with E-state index in [-0.39, 0.29) is 5.03 Å². The Morgan fingerprint density at radius 1 is 1.38 bits per heavy atom. The maximum Gasteiger partial charge on any atom is 0.280 e. The summed E-state index contributed by atoms with van der Waals surface area (Å²) >= 11 is 0. The molecule has 0 saturated heterocycles. The average molecular weight is 308 g/mol. The molecule has 2 N–H and O–H groups in total. The van der Waals surface area contributed by atoms with Gasteiger partial charge in [-0.05, 0) is 19.9 Å². The molecule has 7 nitrogen and oxygen atoms in total. The van der Waals surface area contributed by atoms with Crippen molar-refractivity contribution in [3.63, 3.8) is 0 Å². The first-order chi connectivity index (χ1) is 9.85. The molecule has 0 atom stereocenters. The Morgan fingerprint density at radius 2 is 2.05 bits per heavy atom. The first kappa shape index (κ1) is 15.0. The number of oxime groups is 1. The smallest absolute Gasteiger partial charge is 0.280 e. The molecule has 112 valence electrons. The lowest BCUT2D eigenvalue weighted by atomic mass is 10.1. The fourth-order valence-electron chi connectivity index (χ4n) is 1.79. The standard InChI is InChI=1S/C13H16N4O3S/c1-9(15-18)11-6-4-5-7-12(11)16-21(19,20)13-8-17(3)10(2)14-13/h4-8,16,18H,1-3H3. The first-order valence-corrected chi connectivity index (χ1v) is 7.64. The largest absolute Gasteiger partial charge is 0.411 e. The van der Waals surface area contributed by atoms with Gasteiger partial charge in [0.15, 0.2) is 5.03 Å². The van der Waals surface area contributed by atoms with Gasteiger partial charge in [-0.2, -0.15) is 8.42 Å². The summed E-state index contributed by atoms with van der Waals surface area (Å²) in [6.07, 6.45) is 1.44. The number of imidazole rings is 1. The number of nitrogens with zero attached hydrogens (tertiary/aromatic N) is 3. The van der Waals surface area contributed by atoms with Crippen LogP contribution >= 0.6 is 0 Å². The van der Waals surface area contributed by atoms with Crippen molar-refractivity contribution in [2.24, 2.45) is 12.2 Å². The van der Waals surface area contributed by atoms with E-state index in [0.29, 0.717) is 22.8 Å². The second kappa shape index (κ2) is 5.57. The Balaban J connectivity index is 2.42. The Bertz CT molecular complexity index is 774. The van der Waals surface area contributed by atoms with E-state index in [1.807, 2.05) is 0 Å². The zero-order valence-electron chi connectivity index (χ0n) is 11.9. The van der Waals surface area contributed by atoms with Crippen LogP contribution in [0.2, 0.25) is 0 Å². The van der Waals surface area contributed by atoms with Crippen molar-refractivity contribution in [2.75, 3.05) is 4.72 Å². The number of rotatable bonds is 4. The number of nitrogens with one attached hydrogen (secondary N) is 1. The van der Waals surface area contributed by atoms with Gasteiger partial charge >= 0.3 is 0 Å². The topological polar surface area (TPSA) is 96.6 Å². The molecule has 0 unspecified atom stereocenters. The molecule has 1 heterocycles. The average Bonchev–Trinajstić information content (AvgIpc) is 2.79. The highest BCUT2D eigenvalue weighted by Gasteiger charge is 2.20. The number of anilines is 1. The first-order valence-electron chi connectivity index (χ1n) is 6.16. The molecule has 0 aliphatic rings. The summed E-state index contributed by atoms with van der Waals surface area (Å²) in [4.78, 5) is 4.01. The van der Waals surface area contributed by atoms with Gasteiger partial charge in [0.05, 0.1) is 11.4 Å². The molecule has 0 aliphatic carbocycles. The van der Waals surface area contributed by atoms with E-state index in [2.05, 4.69) is 14.9 Å². The summed E-state index contributed by atoms with van der Waals surface area (Å²) in [7, 11) is -2.08. The van der Waals surface area contributed by atoms with Crippen molar-refractivity contribution < 1.29 is 13.6 Å². The number of hydrogen-bond acceptors (Lipinski definition) is 5. The summed E-state index contributed by atoms with van der Waals surface area (Å²) in [5.74, 6) is 0.594. The highest BCUT2D eigenvalue weighted by Crippen LogP contribution is 2.20. The van der Waals surface area contributed by atoms with Gasteiger partial charge in [-0.3, -0.25) is 4.72 Å². The lowest BCUT2D eigenvalue weighted by Crippen LogP contribution is -2.15. The second-order valence-corrected chi connectivity index (χ2v) is 6.20. The number of aromatic nitrogens is 2. The SMILES string of the molecule is CC(=NO)c1ccccc1NS(=O)(=O)c1cn(C)c(C)n1. The third-order valence-electron chi connectivity index (χ3n) is 3.07. The number of sulfonamides is 1. The van der Waals surface area contributed by atoms with Crippen LogP contribution in [-0.4, -0.2) is 28.9 Å². The van der Waals surface area contributed by atoms with Crippen molar-refractivity contribution in [1.82, 2.24) is 9.55 Å². The van der Waals surface area contributed by atoms with Crippen LogP contribution in [0, 0.1) is 6.92 Å². The molecule has 0 radical (unpaired) electrons. The maximum absolute atomic E-state index is 12.3. The minimum atomic E-state index is -3.80. The molecule has 0 amide bonds. The van der Waals surface area contributed by atoms with E-state index in [9.17, 15) is 8.42 Å². The molecule has 0 saturated carbocycles. The number of benzene rings is 1. The van der Waals surface area contributed by atoms with Gasteiger partial charge in [-0.25, -0.2) is 4.98 Å². The van der Waals surface area contributed by atoms with Gasteiger partial charge in [-0.1, -0.05) is 23.4 Å². The molecule has 2 rings (SSSR count). The lowest BCUT2D eigenvalue weighted by Gasteiger charge is -2.10. The lowest BCUT2D eigenvalue weighted by molar-refractivity contribution is 0.319. The summed E-state index contributed by atoms with van der Waals surface area (Å²) in [5.41, 5.74) is 1.14. The van der Waals surface area contributed by atoms with E-state index in [1.165, 1.54) is 6.20 Å². The van der Waals surface area contributed by atoms with Crippen LogP contribution in [0.15, 0.2) is 40.6 Å². The molecule has 21 heavy (non-hydrogen) atoms. The van der Waals surface area contributed by atoms with Gasteiger partial charge in [0, 0.05) is 18.8 Å². The molecular formula is C13H16N4O3S. The van der Waals surface area contributed by atoms with Crippen LogP contribution in [-0.2, 0) is 17.1 Å². The predicted octanol–water partition coefficient (Wildman–Crippen LogP) is 1.73. The quantitative estimate of drug-likeness (QED) is 0.510. The van der Waals surface area contributed by atoms with Crippen molar-refractivity contribution in [3.8, 4) is 0 Å². The highest BCUT2D eigenvalue weighted by atomic mass is 32.2. The predicted molar refractivity (Wildman–Crippen MR) is 79.2 cm³/mol. The van der Waals surface area contributed by atoms with Gasteiger partial charge in [0.1, 0.15) is 5.82 Å². The van der Waals surface area contributed by atoms with Crippen LogP contribution in [0.25, 0.3) is 0 Å². The minimum absolute atomic E-state index is 0.0594. The zero-order chi connectivity index (χ0) is 15.6. The summed E-state index contributed by atoms with van der Waals surface area (Å²) in [6.45, 7) is 3.30. The fourth-order valence-corrected chi connectivity index (χ4v) is 2.92. The number of para-hydroxylation sites is 1. The molecule has 0 spiro atoms. The Morgan fingerprint density at radius 3 is 2.62 bits per heavy atom. The normalized spacial score (nSPS) is 12.4. The van der Waals surface area contributed by atoms with E-state index >= 15 is 0 Å². The van der Waals surface area contributed by atoms with Crippen LogP contribution in [0.5, 0.6) is 0 Å². The van der Waals surface area contributed by atoms with E-state index < -0.39 is 10.0 Å². The highest BCUT2D eigenvalue weighted by molar-refractivity contribution is 7.92. The number of aryl methyl sites for hydroxylation is 2. The summed E-state index contributed by atoms with van der Waals surface area (Å²) in [5, 5.41) is 11.9. The minimum Gasteiger partial charge on any atom is -0.411 e. The molecule has 0 bridgehead atoms. The molecule has 2 aromatic rings. The molecule has 0 fully saturated rings. The van der Waals surface area contributed by atoms with Crippen molar-refractivity contribution in [3.05, 3.63) is 41.9 Å². The number of hydrogen-bond donors (Lipinski definition) is 2. The van der Waals surface area contributed by atoms with Crippen LogP contribution < -0.4 is 4.72 Å². The third kappa shape index (κ3) is 3.05. The van der Waals surface area contributed by atoms with E-state index in [4.69, 9.17) is 5.21 Å². The molecule has 1 aromatic heterocycles. The van der Waals surface area contributed by atoms with Gasteiger partial charge < -0.3 is 9.77 Å². The van der Waals surface area contributed by atoms with Gasteiger partial charge in [-0.15, -0.1) is 0 Å². The van der Waals surface area contributed by atoms with Crippen molar-refractivity contribution in [2.45, 2.75) is 18.9 Å². The van der Waals surface area contributed by atoms with E-state index in [1.54, 1.807) is 49.7 Å².